The molecule has 0 N–H and O–H groups in total. The Hall–Kier alpha value is -1.28. The van der Waals surface area contributed by atoms with E-state index in [9.17, 15) is 9.59 Å². The quantitative estimate of drug-likeness (QED) is 0.512. The van der Waals surface area contributed by atoms with Gasteiger partial charge in [0.2, 0.25) is 0 Å². The third-order valence-electron chi connectivity index (χ3n) is 1.25. The van der Waals surface area contributed by atoms with Crippen molar-refractivity contribution in [3.05, 3.63) is 0 Å². The number of nitrogens with zero attached hydrogens (tertiary/aromatic N) is 1. The highest BCUT2D eigenvalue weighted by atomic mass is 35.5. The number of carbonyl (C=O) groups excluding carboxylic acids is 2. The number of esters is 2. The lowest BCUT2D eigenvalue weighted by Gasteiger charge is -2.16. The van der Waals surface area contributed by atoms with Gasteiger partial charge in [0.25, 0.3) is 4.87 Å². The highest BCUT2D eigenvalue weighted by Crippen LogP contribution is 2.16. The molecular weight excluding hydrogens is 210 g/mol. The van der Waals surface area contributed by atoms with Crippen molar-refractivity contribution < 1.29 is 19.1 Å². The average Bonchev–Trinajstić information content (AvgIpc) is 2.14. The maximum absolute atomic E-state index is 11.1. The maximum atomic E-state index is 11.1. The summed E-state index contributed by atoms with van der Waals surface area (Å²) in [6.07, 6.45) is 0. The van der Waals surface area contributed by atoms with E-state index in [1.54, 1.807) is 6.92 Å². The van der Waals surface area contributed by atoms with E-state index in [1.807, 2.05) is 0 Å². The van der Waals surface area contributed by atoms with Gasteiger partial charge in [-0.15, -0.1) is 0 Å². The van der Waals surface area contributed by atoms with Gasteiger partial charge in [-0.2, -0.15) is 5.26 Å². The first-order valence-corrected chi connectivity index (χ1v) is 4.25. The van der Waals surface area contributed by atoms with Gasteiger partial charge in [-0.3, -0.25) is 4.79 Å². The van der Waals surface area contributed by atoms with Crippen molar-refractivity contribution in [3.63, 3.8) is 0 Å². The molecule has 0 aliphatic heterocycles. The molecule has 78 valence electrons. The zero-order chi connectivity index (χ0) is 11.2. The summed E-state index contributed by atoms with van der Waals surface area (Å²) >= 11 is 5.58. The minimum absolute atomic E-state index is 0.106. The zero-order valence-electron chi connectivity index (χ0n) is 7.87. The van der Waals surface area contributed by atoms with Crippen molar-refractivity contribution >= 4 is 23.5 Å². The largest absolute Gasteiger partial charge is 0.464 e. The van der Waals surface area contributed by atoms with Crippen LogP contribution >= 0.6 is 11.6 Å². The van der Waals surface area contributed by atoms with Gasteiger partial charge < -0.3 is 9.47 Å². The summed E-state index contributed by atoms with van der Waals surface area (Å²) in [6, 6.07) is 1.53. The summed E-state index contributed by atoms with van der Waals surface area (Å²) in [6.45, 7) is 2.33. The number of hydrogen-bond acceptors (Lipinski definition) is 5. The van der Waals surface area contributed by atoms with Crippen LogP contribution < -0.4 is 0 Å². The number of alkyl halides is 1. The lowest BCUT2D eigenvalue weighted by molar-refractivity contribution is -0.149. The Balaban J connectivity index is 4.40. The molecule has 0 spiro atoms. The van der Waals surface area contributed by atoms with Crippen molar-refractivity contribution in [3.8, 4) is 6.07 Å². The topological polar surface area (TPSA) is 76.4 Å². The predicted octanol–water partition coefficient (Wildman–Crippen LogP) is 0.614. The molecule has 14 heavy (non-hydrogen) atoms. The molecule has 0 amide bonds. The SMILES string of the molecule is CCOC(=O)C(Cl)(C#N)COC(C)=O. The lowest BCUT2D eigenvalue weighted by Crippen LogP contribution is -2.38. The van der Waals surface area contributed by atoms with Crippen molar-refractivity contribution in [1.29, 1.82) is 5.26 Å². The van der Waals surface area contributed by atoms with Gasteiger partial charge in [0.1, 0.15) is 12.7 Å². The summed E-state index contributed by atoms with van der Waals surface area (Å²) in [5.74, 6) is -1.53. The molecule has 0 saturated carbocycles. The van der Waals surface area contributed by atoms with Crippen LogP contribution in [0.4, 0.5) is 0 Å². The van der Waals surface area contributed by atoms with Gasteiger partial charge in [-0.05, 0) is 6.92 Å². The van der Waals surface area contributed by atoms with Crippen molar-refractivity contribution in [2.75, 3.05) is 13.2 Å². The Labute approximate surface area is 86.5 Å². The molecule has 0 rings (SSSR count). The van der Waals surface area contributed by atoms with E-state index in [4.69, 9.17) is 16.9 Å². The van der Waals surface area contributed by atoms with Crippen LogP contribution in [0.3, 0.4) is 0 Å². The fourth-order valence-corrected chi connectivity index (χ4v) is 0.693. The molecule has 6 heteroatoms. The van der Waals surface area contributed by atoms with Crippen LogP contribution in [0.2, 0.25) is 0 Å². The normalized spacial score (nSPS) is 13.6. The second-order valence-corrected chi connectivity index (χ2v) is 3.06. The van der Waals surface area contributed by atoms with Crippen LogP contribution in [0.15, 0.2) is 0 Å². The Morgan fingerprint density at radius 1 is 1.50 bits per heavy atom. The second-order valence-electron chi connectivity index (χ2n) is 2.41. The van der Waals surface area contributed by atoms with Gasteiger partial charge in [0.15, 0.2) is 0 Å². The van der Waals surface area contributed by atoms with Gasteiger partial charge in [0.05, 0.1) is 6.61 Å². The lowest BCUT2D eigenvalue weighted by atomic mass is 10.2. The van der Waals surface area contributed by atoms with Gasteiger partial charge in [-0.1, -0.05) is 11.6 Å². The monoisotopic (exact) mass is 219 g/mol. The molecule has 0 aromatic carbocycles. The minimum atomic E-state index is -1.94. The molecule has 1 unspecified atom stereocenters. The molecular formula is C8H10ClNO4. The summed E-state index contributed by atoms with van der Waals surface area (Å²) in [5, 5.41) is 8.62. The molecule has 0 aromatic heterocycles. The molecule has 0 aliphatic rings. The third kappa shape index (κ3) is 3.62. The van der Waals surface area contributed by atoms with Crippen LogP contribution in [0.25, 0.3) is 0 Å². The molecule has 0 bridgehead atoms. The standard InChI is InChI=1S/C8H10ClNO4/c1-3-13-7(12)8(9,4-10)5-14-6(2)11/h3,5H2,1-2H3. The number of ether oxygens (including phenoxy) is 2. The van der Waals surface area contributed by atoms with Crippen molar-refractivity contribution in [1.82, 2.24) is 0 Å². The first-order chi connectivity index (χ1) is 6.46. The van der Waals surface area contributed by atoms with Crippen LogP contribution in [0, 0.1) is 11.3 Å². The Kier molecular flexibility index (Phi) is 4.95. The predicted molar refractivity (Wildman–Crippen MR) is 47.5 cm³/mol. The second kappa shape index (κ2) is 5.45. The molecule has 1 atom stereocenters. The maximum Gasteiger partial charge on any atom is 0.345 e. The fourth-order valence-electron chi connectivity index (χ4n) is 0.583. The third-order valence-corrected chi connectivity index (χ3v) is 1.60. The van der Waals surface area contributed by atoms with Gasteiger partial charge >= 0.3 is 11.9 Å². The smallest absolute Gasteiger partial charge is 0.345 e. The van der Waals surface area contributed by atoms with E-state index >= 15 is 0 Å². The molecule has 0 saturated heterocycles. The summed E-state index contributed by atoms with van der Waals surface area (Å²) in [5.41, 5.74) is 0. The average molecular weight is 220 g/mol. The van der Waals surface area contributed by atoms with Gasteiger partial charge in [0, 0.05) is 6.92 Å². The zero-order valence-corrected chi connectivity index (χ0v) is 8.63. The van der Waals surface area contributed by atoms with Crippen LogP contribution in [-0.2, 0) is 19.1 Å². The number of carbonyl (C=O) groups is 2. The first kappa shape index (κ1) is 12.7. The van der Waals surface area contributed by atoms with Crippen molar-refractivity contribution in [2.24, 2.45) is 0 Å². The molecule has 0 fully saturated rings. The van der Waals surface area contributed by atoms with E-state index < -0.39 is 23.4 Å². The molecule has 0 aromatic rings. The van der Waals surface area contributed by atoms with Crippen LogP contribution in [-0.4, -0.2) is 30.0 Å². The highest BCUT2D eigenvalue weighted by molar-refractivity contribution is 6.36. The molecule has 0 aliphatic carbocycles. The summed E-state index contributed by atoms with van der Waals surface area (Å²) in [4.78, 5) is 19.6. The van der Waals surface area contributed by atoms with Crippen LogP contribution in [0.5, 0.6) is 0 Å². The van der Waals surface area contributed by atoms with E-state index in [-0.39, 0.29) is 6.61 Å². The number of nitriles is 1. The number of rotatable bonds is 4. The Morgan fingerprint density at radius 3 is 2.43 bits per heavy atom. The van der Waals surface area contributed by atoms with E-state index in [0.29, 0.717) is 0 Å². The Bertz CT molecular complexity index is 273. The molecule has 0 heterocycles. The van der Waals surface area contributed by atoms with Crippen molar-refractivity contribution in [2.45, 2.75) is 18.7 Å². The number of hydrogen-bond donors (Lipinski definition) is 0. The fraction of sp³-hybridized carbons (Fsp3) is 0.625. The summed E-state index contributed by atoms with van der Waals surface area (Å²) < 4.78 is 9.02. The summed E-state index contributed by atoms with van der Waals surface area (Å²) in [7, 11) is 0. The van der Waals surface area contributed by atoms with E-state index in [2.05, 4.69) is 9.47 Å². The Morgan fingerprint density at radius 2 is 2.07 bits per heavy atom. The van der Waals surface area contributed by atoms with Gasteiger partial charge in [-0.25, -0.2) is 4.79 Å². The van der Waals surface area contributed by atoms with E-state index in [1.165, 1.54) is 6.07 Å². The molecule has 5 nitrogen and oxygen atoms in total. The minimum Gasteiger partial charge on any atom is -0.464 e. The highest BCUT2D eigenvalue weighted by Gasteiger charge is 2.39. The first-order valence-electron chi connectivity index (χ1n) is 3.87. The number of halogens is 1. The van der Waals surface area contributed by atoms with E-state index in [0.717, 1.165) is 6.92 Å². The van der Waals surface area contributed by atoms with Crippen LogP contribution in [0.1, 0.15) is 13.8 Å². The molecule has 0 radical (unpaired) electrons.